The molecule has 2 aromatic heterocycles. The molecular weight excluding hydrogens is 379 g/mol. The number of halogens is 2. The molecule has 0 bridgehead atoms. The van der Waals surface area contributed by atoms with Gasteiger partial charge in [-0.1, -0.05) is 17.7 Å². The first-order chi connectivity index (χ1) is 13.6. The Balaban J connectivity index is 1.69. The van der Waals surface area contributed by atoms with Gasteiger partial charge in [-0.05, 0) is 31.0 Å². The van der Waals surface area contributed by atoms with Gasteiger partial charge in [0.25, 0.3) is 0 Å². The Morgan fingerprint density at radius 3 is 2.61 bits per heavy atom. The number of anilines is 1. The van der Waals surface area contributed by atoms with Crippen molar-refractivity contribution in [1.29, 1.82) is 5.26 Å². The number of aryl methyl sites for hydroxylation is 1. The summed E-state index contributed by atoms with van der Waals surface area (Å²) in [7, 11) is 1.95. The maximum atomic E-state index is 13.3. The summed E-state index contributed by atoms with van der Waals surface area (Å²) in [6, 6.07) is 8.79. The van der Waals surface area contributed by atoms with E-state index in [0.717, 1.165) is 48.6 Å². The van der Waals surface area contributed by atoms with E-state index in [1.165, 1.54) is 12.3 Å². The molecule has 1 aromatic carbocycles. The van der Waals surface area contributed by atoms with Crippen molar-refractivity contribution in [3.05, 3.63) is 59.1 Å². The van der Waals surface area contributed by atoms with Crippen LogP contribution in [0.2, 0.25) is 5.02 Å². The monoisotopic (exact) mass is 396 g/mol. The Kier molecular flexibility index (Phi) is 4.97. The van der Waals surface area contributed by atoms with E-state index >= 15 is 0 Å². The van der Waals surface area contributed by atoms with Crippen LogP contribution in [-0.2, 0) is 7.05 Å². The third-order valence-electron chi connectivity index (χ3n) is 5.20. The molecule has 1 fully saturated rings. The second kappa shape index (κ2) is 7.56. The van der Waals surface area contributed by atoms with E-state index in [1.54, 1.807) is 18.5 Å². The lowest BCUT2D eigenvalue weighted by Crippen LogP contribution is -2.34. The smallest absolute Gasteiger partial charge is 0.212 e. The van der Waals surface area contributed by atoms with E-state index in [1.807, 2.05) is 17.7 Å². The topological polar surface area (TPSA) is 70.6 Å². The van der Waals surface area contributed by atoms with Crippen LogP contribution >= 0.6 is 11.6 Å². The summed E-state index contributed by atoms with van der Waals surface area (Å²) in [6.45, 7) is 1.52. The molecule has 1 aliphatic rings. The predicted molar refractivity (Wildman–Crippen MR) is 105 cm³/mol. The molecule has 0 N–H and O–H groups in total. The molecule has 28 heavy (non-hydrogen) atoms. The number of hydrogen-bond donors (Lipinski definition) is 0. The van der Waals surface area contributed by atoms with E-state index in [2.05, 4.69) is 26.2 Å². The molecule has 3 aromatic rings. The first kappa shape index (κ1) is 18.4. The number of pyridine rings is 1. The van der Waals surface area contributed by atoms with Gasteiger partial charge in [-0.3, -0.25) is 0 Å². The normalized spacial score (nSPS) is 14.9. The molecule has 8 heteroatoms. The van der Waals surface area contributed by atoms with Crippen LogP contribution < -0.4 is 4.90 Å². The SMILES string of the molecule is Cn1cnnc1C1CCN(c2c(-c3ccc(F)nc3)ccc(Cl)c2C#N)CC1. The van der Waals surface area contributed by atoms with E-state index in [4.69, 9.17) is 11.6 Å². The Morgan fingerprint density at radius 1 is 1.21 bits per heavy atom. The first-order valence-electron chi connectivity index (χ1n) is 9.02. The zero-order chi connectivity index (χ0) is 19.7. The van der Waals surface area contributed by atoms with Crippen molar-refractivity contribution in [2.24, 2.45) is 7.05 Å². The van der Waals surface area contributed by atoms with Crippen molar-refractivity contribution >= 4 is 17.3 Å². The quantitative estimate of drug-likeness (QED) is 0.627. The molecule has 1 saturated heterocycles. The Labute approximate surface area is 167 Å². The van der Waals surface area contributed by atoms with E-state index in [0.29, 0.717) is 16.5 Å². The van der Waals surface area contributed by atoms with Gasteiger partial charge in [0.05, 0.1) is 16.3 Å². The van der Waals surface area contributed by atoms with Crippen molar-refractivity contribution in [3.8, 4) is 17.2 Å². The summed E-state index contributed by atoms with van der Waals surface area (Å²) in [5.74, 6) is 0.767. The van der Waals surface area contributed by atoms with Crippen LogP contribution in [0.5, 0.6) is 0 Å². The van der Waals surface area contributed by atoms with Gasteiger partial charge in [0, 0.05) is 43.4 Å². The minimum Gasteiger partial charge on any atom is -0.370 e. The fraction of sp³-hybridized carbons (Fsp3) is 0.300. The van der Waals surface area contributed by atoms with Crippen LogP contribution in [0, 0.1) is 17.3 Å². The molecule has 4 rings (SSSR count). The number of aromatic nitrogens is 4. The molecule has 142 valence electrons. The molecule has 6 nitrogen and oxygen atoms in total. The number of piperidine rings is 1. The van der Waals surface area contributed by atoms with Gasteiger partial charge < -0.3 is 9.47 Å². The van der Waals surface area contributed by atoms with Crippen molar-refractivity contribution in [2.75, 3.05) is 18.0 Å². The summed E-state index contributed by atoms with van der Waals surface area (Å²) < 4.78 is 15.2. The highest BCUT2D eigenvalue weighted by atomic mass is 35.5. The lowest BCUT2D eigenvalue weighted by molar-refractivity contribution is 0.474. The largest absolute Gasteiger partial charge is 0.370 e. The molecule has 0 atom stereocenters. The number of nitrogens with zero attached hydrogens (tertiary/aromatic N) is 6. The Hall–Kier alpha value is -2.98. The number of rotatable bonds is 3. The summed E-state index contributed by atoms with van der Waals surface area (Å²) >= 11 is 6.32. The standard InChI is InChI=1S/C20H18ClFN6/c1-27-12-25-26-20(27)13-6-8-28(9-7-13)19-15(3-4-17(21)16(19)10-23)14-2-5-18(22)24-11-14/h2-5,11-13H,6-9H2,1H3. The van der Waals surface area contributed by atoms with Gasteiger partial charge in [0.15, 0.2) is 0 Å². The Morgan fingerprint density at radius 2 is 2.00 bits per heavy atom. The third kappa shape index (κ3) is 3.32. The van der Waals surface area contributed by atoms with Crippen molar-refractivity contribution in [2.45, 2.75) is 18.8 Å². The summed E-state index contributed by atoms with van der Waals surface area (Å²) in [5, 5.41) is 18.3. The van der Waals surface area contributed by atoms with Gasteiger partial charge in [0.2, 0.25) is 5.95 Å². The number of benzene rings is 1. The van der Waals surface area contributed by atoms with Gasteiger partial charge in [-0.15, -0.1) is 10.2 Å². The number of hydrogen-bond acceptors (Lipinski definition) is 5. The molecule has 0 radical (unpaired) electrons. The maximum absolute atomic E-state index is 13.3. The minimum atomic E-state index is -0.538. The summed E-state index contributed by atoms with van der Waals surface area (Å²) in [5.41, 5.74) is 2.78. The summed E-state index contributed by atoms with van der Waals surface area (Å²) in [4.78, 5) is 5.93. The predicted octanol–water partition coefficient (Wildman–Crippen LogP) is 3.93. The second-order valence-corrected chi connectivity index (χ2v) is 7.27. The molecule has 3 heterocycles. The van der Waals surface area contributed by atoms with Gasteiger partial charge in [-0.25, -0.2) is 4.98 Å². The van der Waals surface area contributed by atoms with Gasteiger partial charge >= 0.3 is 0 Å². The summed E-state index contributed by atoms with van der Waals surface area (Å²) in [6.07, 6.45) is 4.98. The zero-order valence-electron chi connectivity index (χ0n) is 15.3. The van der Waals surface area contributed by atoms with Gasteiger partial charge in [0.1, 0.15) is 18.2 Å². The lowest BCUT2D eigenvalue weighted by atomic mass is 9.93. The molecule has 1 aliphatic heterocycles. The van der Waals surface area contributed by atoms with Crippen LogP contribution in [0.3, 0.4) is 0 Å². The second-order valence-electron chi connectivity index (χ2n) is 6.86. The highest BCUT2D eigenvalue weighted by Crippen LogP contribution is 2.40. The molecule has 0 unspecified atom stereocenters. The molecule has 0 aliphatic carbocycles. The van der Waals surface area contributed by atoms with Crippen molar-refractivity contribution < 1.29 is 4.39 Å². The average Bonchev–Trinajstić information content (AvgIpc) is 3.14. The van der Waals surface area contributed by atoms with Crippen LogP contribution in [0.25, 0.3) is 11.1 Å². The van der Waals surface area contributed by atoms with Crippen molar-refractivity contribution in [3.63, 3.8) is 0 Å². The van der Waals surface area contributed by atoms with Crippen LogP contribution in [-0.4, -0.2) is 32.8 Å². The highest BCUT2D eigenvalue weighted by molar-refractivity contribution is 6.32. The molecule has 0 saturated carbocycles. The van der Waals surface area contributed by atoms with Crippen LogP contribution in [0.4, 0.5) is 10.1 Å². The van der Waals surface area contributed by atoms with Crippen LogP contribution in [0.15, 0.2) is 36.8 Å². The first-order valence-corrected chi connectivity index (χ1v) is 9.39. The highest BCUT2D eigenvalue weighted by Gasteiger charge is 2.27. The molecule has 0 spiro atoms. The zero-order valence-corrected chi connectivity index (χ0v) is 16.1. The van der Waals surface area contributed by atoms with E-state index < -0.39 is 5.95 Å². The van der Waals surface area contributed by atoms with Crippen LogP contribution in [0.1, 0.15) is 30.1 Å². The van der Waals surface area contributed by atoms with Crippen molar-refractivity contribution in [1.82, 2.24) is 19.7 Å². The molecular formula is C20H18ClFN6. The van der Waals surface area contributed by atoms with Gasteiger partial charge in [-0.2, -0.15) is 9.65 Å². The Bertz CT molecular complexity index is 1030. The number of nitriles is 1. The van der Waals surface area contributed by atoms with E-state index in [9.17, 15) is 9.65 Å². The lowest BCUT2D eigenvalue weighted by Gasteiger charge is -2.35. The average molecular weight is 397 g/mol. The van der Waals surface area contributed by atoms with E-state index in [-0.39, 0.29) is 0 Å². The molecule has 0 amide bonds. The maximum Gasteiger partial charge on any atom is 0.212 e. The minimum absolute atomic E-state index is 0.324. The fourth-order valence-corrected chi connectivity index (χ4v) is 3.99. The fourth-order valence-electron chi connectivity index (χ4n) is 3.79. The third-order valence-corrected chi connectivity index (χ3v) is 5.51.